The molecule has 0 aliphatic heterocycles. The summed E-state index contributed by atoms with van der Waals surface area (Å²) >= 11 is 0. The van der Waals surface area contributed by atoms with Crippen molar-refractivity contribution >= 4 is 11.7 Å². The Morgan fingerprint density at radius 3 is 2.27 bits per heavy atom. The molecule has 4 nitrogen and oxygen atoms in total. The molecule has 4 fully saturated rings. The van der Waals surface area contributed by atoms with Crippen LogP contribution in [0.15, 0.2) is 18.2 Å². The maximum atomic E-state index is 13.4. The van der Waals surface area contributed by atoms with E-state index in [-0.39, 0.29) is 30.3 Å². The van der Waals surface area contributed by atoms with Gasteiger partial charge in [-0.1, -0.05) is 0 Å². The number of amides is 2. The third-order valence-electron chi connectivity index (χ3n) is 6.52. The lowest BCUT2D eigenvalue weighted by Crippen LogP contribution is -2.53. The van der Waals surface area contributed by atoms with Crippen LogP contribution in [0.5, 0.6) is 0 Å². The van der Waals surface area contributed by atoms with Gasteiger partial charge in [0, 0.05) is 24.8 Å². The molecular formula is C20H26F2N2O2. The number of hydrogen-bond donors (Lipinski definition) is 2. The molecule has 0 atom stereocenters. The summed E-state index contributed by atoms with van der Waals surface area (Å²) in [7, 11) is 0. The average Bonchev–Trinajstić information content (AvgIpc) is 2.56. The van der Waals surface area contributed by atoms with Crippen LogP contribution in [0.4, 0.5) is 19.3 Å². The Hall–Kier alpha value is -1.69. The van der Waals surface area contributed by atoms with Gasteiger partial charge in [-0.15, -0.1) is 0 Å². The molecule has 4 aliphatic carbocycles. The summed E-state index contributed by atoms with van der Waals surface area (Å²) in [5.74, 6) is 0.422. The summed E-state index contributed by atoms with van der Waals surface area (Å²) in [5, 5.41) is 12.1. The number of rotatable bonds is 5. The molecule has 2 N–H and O–H groups in total. The Morgan fingerprint density at radius 2 is 1.73 bits per heavy atom. The first kappa shape index (κ1) is 17.7. The maximum Gasteiger partial charge on any atom is 0.321 e. The van der Waals surface area contributed by atoms with Crippen LogP contribution in [0, 0.1) is 34.8 Å². The Kier molecular flexibility index (Phi) is 4.63. The molecular weight excluding hydrogens is 338 g/mol. The molecule has 0 heterocycles. The van der Waals surface area contributed by atoms with Crippen molar-refractivity contribution in [3.63, 3.8) is 0 Å². The molecule has 4 bridgehead atoms. The number of nitrogens with one attached hydrogen (secondary N) is 1. The predicted octanol–water partition coefficient (Wildman–Crippen LogP) is 4.01. The first-order chi connectivity index (χ1) is 12.5. The SMILES string of the molecule is O=C(Nc1ccc(F)c(F)c1)N(CCO)CC12CC3CC(CC(C3)C1)C2. The van der Waals surface area contributed by atoms with E-state index in [1.54, 1.807) is 4.90 Å². The zero-order valence-electron chi connectivity index (χ0n) is 14.9. The topological polar surface area (TPSA) is 52.6 Å². The fraction of sp³-hybridized carbons (Fsp3) is 0.650. The van der Waals surface area contributed by atoms with Gasteiger partial charge in [-0.3, -0.25) is 0 Å². The lowest BCUT2D eigenvalue weighted by Gasteiger charge is -2.57. The van der Waals surface area contributed by atoms with E-state index in [9.17, 15) is 18.7 Å². The minimum Gasteiger partial charge on any atom is -0.395 e. The summed E-state index contributed by atoms with van der Waals surface area (Å²) < 4.78 is 26.5. The highest BCUT2D eigenvalue weighted by molar-refractivity contribution is 5.89. The molecule has 1 aromatic carbocycles. The van der Waals surface area contributed by atoms with Gasteiger partial charge in [0.15, 0.2) is 11.6 Å². The van der Waals surface area contributed by atoms with Crippen molar-refractivity contribution in [3.8, 4) is 0 Å². The summed E-state index contributed by atoms with van der Waals surface area (Å²) in [6.07, 6.45) is 7.50. The molecule has 142 valence electrons. The number of aliphatic hydroxyl groups excluding tert-OH is 1. The van der Waals surface area contributed by atoms with Crippen molar-refractivity contribution in [1.82, 2.24) is 4.90 Å². The number of hydrogen-bond acceptors (Lipinski definition) is 2. The first-order valence-corrected chi connectivity index (χ1v) is 9.58. The second-order valence-corrected chi connectivity index (χ2v) is 8.62. The Bertz CT molecular complexity index is 659. The van der Waals surface area contributed by atoms with Crippen molar-refractivity contribution in [2.75, 3.05) is 25.0 Å². The number of halogens is 2. The number of carbonyl (C=O) groups is 1. The molecule has 0 saturated heterocycles. The van der Waals surface area contributed by atoms with Gasteiger partial charge in [-0.2, -0.15) is 0 Å². The van der Waals surface area contributed by atoms with E-state index < -0.39 is 11.6 Å². The summed E-state index contributed by atoms with van der Waals surface area (Å²) in [4.78, 5) is 14.4. The second-order valence-electron chi connectivity index (χ2n) is 8.62. The Balaban J connectivity index is 1.47. The standard InChI is InChI=1S/C20H26F2N2O2/c21-17-2-1-16(8-18(17)22)23-19(26)24(3-4-25)12-20-9-13-5-14(10-20)7-15(6-13)11-20/h1-2,8,13-15,25H,3-7,9-12H2,(H,23,26). The number of aliphatic hydroxyl groups is 1. The van der Waals surface area contributed by atoms with E-state index in [0.717, 1.165) is 29.9 Å². The molecule has 1 aromatic rings. The molecule has 2 amide bonds. The van der Waals surface area contributed by atoms with Gasteiger partial charge in [0.2, 0.25) is 0 Å². The van der Waals surface area contributed by atoms with Crippen LogP contribution in [0.2, 0.25) is 0 Å². The predicted molar refractivity (Wildman–Crippen MR) is 94.6 cm³/mol. The number of nitrogens with zero attached hydrogens (tertiary/aromatic N) is 1. The van der Waals surface area contributed by atoms with Crippen LogP contribution in [-0.4, -0.2) is 35.7 Å². The van der Waals surface area contributed by atoms with Gasteiger partial charge < -0.3 is 15.3 Å². The quantitative estimate of drug-likeness (QED) is 0.829. The zero-order valence-corrected chi connectivity index (χ0v) is 14.9. The number of anilines is 1. The smallest absolute Gasteiger partial charge is 0.321 e. The third-order valence-corrected chi connectivity index (χ3v) is 6.52. The molecule has 4 aliphatic rings. The monoisotopic (exact) mass is 364 g/mol. The number of urea groups is 1. The van der Waals surface area contributed by atoms with Gasteiger partial charge in [0.25, 0.3) is 0 Å². The first-order valence-electron chi connectivity index (χ1n) is 9.58. The van der Waals surface area contributed by atoms with Crippen LogP contribution in [0.3, 0.4) is 0 Å². The molecule has 0 aromatic heterocycles. The van der Waals surface area contributed by atoms with E-state index >= 15 is 0 Å². The lowest BCUT2D eigenvalue weighted by molar-refractivity contribution is -0.0641. The molecule has 26 heavy (non-hydrogen) atoms. The third kappa shape index (κ3) is 3.43. The summed E-state index contributed by atoms with van der Waals surface area (Å²) in [5.41, 5.74) is 0.386. The fourth-order valence-corrected chi connectivity index (χ4v) is 6.04. The van der Waals surface area contributed by atoms with Gasteiger partial charge in [0.05, 0.1) is 6.61 Å². The zero-order chi connectivity index (χ0) is 18.3. The average molecular weight is 364 g/mol. The molecule has 0 radical (unpaired) electrons. The number of carbonyl (C=O) groups excluding carboxylic acids is 1. The van der Waals surface area contributed by atoms with E-state index in [1.165, 1.54) is 44.6 Å². The molecule has 0 spiro atoms. The lowest BCUT2D eigenvalue weighted by atomic mass is 9.49. The van der Waals surface area contributed by atoms with E-state index in [4.69, 9.17) is 0 Å². The van der Waals surface area contributed by atoms with Gasteiger partial charge in [-0.25, -0.2) is 13.6 Å². The van der Waals surface area contributed by atoms with Gasteiger partial charge in [-0.05, 0) is 73.8 Å². The Labute approximate surface area is 152 Å². The van der Waals surface area contributed by atoms with Crippen molar-refractivity contribution in [3.05, 3.63) is 29.8 Å². The molecule has 0 unspecified atom stereocenters. The van der Waals surface area contributed by atoms with Gasteiger partial charge >= 0.3 is 6.03 Å². The maximum absolute atomic E-state index is 13.4. The normalized spacial score (nSPS) is 31.9. The Morgan fingerprint density at radius 1 is 1.12 bits per heavy atom. The largest absolute Gasteiger partial charge is 0.395 e. The summed E-state index contributed by atoms with van der Waals surface area (Å²) in [6, 6.07) is 2.97. The van der Waals surface area contributed by atoms with Crippen LogP contribution < -0.4 is 5.32 Å². The van der Waals surface area contributed by atoms with E-state index in [1.807, 2.05) is 0 Å². The van der Waals surface area contributed by atoms with Gasteiger partial charge in [0.1, 0.15) is 0 Å². The van der Waals surface area contributed by atoms with Crippen molar-refractivity contribution in [2.45, 2.75) is 38.5 Å². The number of benzene rings is 1. The molecule has 4 saturated carbocycles. The molecule has 6 heteroatoms. The summed E-state index contributed by atoms with van der Waals surface area (Å²) in [6.45, 7) is 0.765. The van der Waals surface area contributed by atoms with E-state index in [2.05, 4.69) is 5.32 Å². The van der Waals surface area contributed by atoms with Crippen LogP contribution in [0.1, 0.15) is 38.5 Å². The van der Waals surface area contributed by atoms with E-state index in [0.29, 0.717) is 6.54 Å². The van der Waals surface area contributed by atoms with Crippen LogP contribution in [-0.2, 0) is 0 Å². The van der Waals surface area contributed by atoms with Crippen LogP contribution in [0.25, 0.3) is 0 Å². The highest BCUT2D eigenvalue weighted by Crippen LogP contribution is 2.60. The minimum atomic E-state index is -0.988. The van der Waals surface area contributed by atoms with Crippen molar-refractivity contribution in [1.29, 1.82) is 0 Å². The van der Waals surface area contributed by atoms with Crippen molar-refractivity contribution < 1.29 is 18.7 Å². The van der Waals surface area contributed by atoms with Crippen molar-refractivity contribution in [2.24, 2.45) is 23.2 Å². The minimum absolute atomic E-state index is 0.114. The fourth-order valence-electron chi connectivity index (χ4n) is 6.04. The van der Waals surface area contributed by atoms with Crippen LogP contribution >= 0.6 is 0 Å². The highest BCUT2D eigenvalue weighted by Gasteiger charge is 2.51. The highest BCUT2D eigenvalue weighted by atomic mass is 19.2. The second kappa shape index (κ2) is 6.80. The molecule has 5 rings (SSSR count).